The molecule has 0 radical (unpaired) electrons. The van der Waals surface area contributed by atoms with E-state index in [1.165, 1.54) is 6.20 Å². The molecule has 0 aromatic heterocycles. The molecule has 1 atom stereocenters. The lowest BCUT2D eigenvalue weighted by molar-refractivity contribution is 0.148. The van der Waals surface area contributed by atoms with Gasteiger partial charge in [-0.05, 0) is 6.20 Å². The Hall–Kier alpha value is -0.350. The highest BCUT2D eigenvalue weighted by Crippen LogP contribution is 2.34. The molecule has 4 N–H and O–H groups in total. The summed E-state index contributed by atoms with van der Waals surface area (Å²) in [5.41, 5.74) is 0. The summed E-state index contributed by atoms with van der Waals surface area (Å²) in [5, 5.41) is 11.3. The van der Waals surface area contributed by atoms with Crippen LogP contribution in [0, 0.1) is 0 Å². The second-order valence-corrected chi connectivity index (χ2v) is 3.84. The zero-order chi connectivity index (χ0) is 8.91. The molecule has 0 bridgehead atoms. The molecule has 0 heterocycles. The van der Waals surface area contributed by atoms with Crippen LogP contribution in [0.3, 0.4) is 0 Å². The average molecular weight is 181 g/mol. The second-order valence-electron chi connectivity index (χ2n) is 2.06. The summed E-state index contributed by atoms with van der Waals surface area (Å²) in [7, 11) is -3.98. The maximum atomic E-state index is 10.3. The van der Waals surface area contributed by atoms with Crippen molar-refractivity contribution in [3.05, 3.63) is 12.8 Å². The predicted octanol–water partition coefficient (Wildman–Crippen LogP) is -0.394. The third-order valence-electron chi connectivity index (χ3n) is 1.00. The van der Waals surface area contributed by atoms with Gasteiger partial charge < -0.3 is 20.2 Å². The average Bonchev–Trinajstić information content (AvgIpc) is 1.83. The summed E-state index contributed by atoms with van der Waals surface area (Å²) in [6.45, 7) is 3.28. The summed E-state index contributed by atoms with van der Waals surface area (Å²) in [5.74, 6) is 0. The number of aliphatic hydroxyl groups excluding tert-OH is 1. The standard InChI is InChI=1S/C5H12NO4P/c1-2-6-5(7)3-4-11(8,9)10/h2,5-7H,1,3-4H2,(H2,8,9,10). The van der Waals surface area contributed by atoms with Crippen LogP contribution in [0.2, 0.25) is 0 Å². The molecule has 6 heteroatoms. The summed E-state index contributed by atoms with van der Waals surface area (Å²) in [4.78, 5) is 16.8. The van der Waals surface area contributed by atoms with Gasteiger partial charge in [-0.15, -0.1) is 0 Å². The van der Waals surface area contributed by atoms with Crippen LogP contribution in [0.15, 0.2) is 12.8 Å². The van der Waals surface area contributed by atoms with Gasteiger partial charge in [-0.2, -0.15) is 0 Å². The van der Waals surface area contributed by atoms with E-state index >= 15 is 0 Å². The lowest BCUT2D eigenvalue weighted by Crippen LogP contribution is -2.24. The molecule has 0 rings (SSSR count). The van der Waals surface area contributed by atoms with Crippen molar-refractivity contribution >= 4 is 7.60 Å². The molecule has 5 nitrogen and oxygen atoms in total. The van der Waals surface area contributed by atoms with Gasteiger partial charge in [-0.25, -0.2) is 0 Å². The fourth-order valence-corrected chi connectivity index (χ4v) is 1.09. The molecule has 0 aliphatic heterocycles. The lowest BCUT2D eigenvalue weighted by Gasteiger charge is -2.10. The summed E-state index contributed by atoms with van der Waals surface area (Å²) >= 11 is 0. The van der Waals surface area contributed by atoms with Crippen LogP contribution in [0.4, 0.5) is 0 Å². The van der Waals surface area contributed by atoms with E-state index in [9.17, 15) is 4.57 Å². The normalized spacial score (nSPS) is 14.1. The van der Waals surface area contributed by atoms with Gasteiger partial charge in [0.15, 0.2) is 0 Å². The quantitative estimate of drug-likeness (QED) is 0.342. The van der Waals surface area contributed by atoms with Crippen LogP contribution in [0.25, 0.3) is 0 Å². The molecule has 0 amide bonds. The zero-order valence-electron chi connectivity index (χ0n) is 5.97. The topological polar surface area (TPSA) is 89.8 Å². The third-order valence-corrected chi connectivity index (χ3v) is 1.84. The lowest BCUT2D eigenvalue weighted by atomic mass is 10.4. The van der Waals surface area contributed by atoms with Gasteiger partial charge in [0.05, 0.1) is 6.16 Å². The molecular weight excluding hydrogens is 169 g/mol. The molecule has 0 aromatic carbocycles. The van der Waals surface area contributed by atoms with Crippen molar-refractivity contribution in [2.75, 3.05) is 6.16 Å². The van der Waals surface area contributed by atoms with Gasteiger partial charge in [-0.1, -0.05) is 6.58 Å². The summed E-state index contributed by atoms with van der Waals surface area (Å²) in [6, 6.07) is 0. The first-order valence-corrected chi connectivity index (χ1v) is 4.85. The van der Waals surface area contributed by atoms with Gasteiger partial charge in [0.2, 0.25) is 0 Å². The second kappa shape index (κ2) is 4.51. The molecule has 0 saturated carbocycles. The van der Waals surface area contributed by atoms with Crippen LogP contribution in [-0.2, 0) is 4.57 Å². The highest BCUT2D eigenvalue weighted by molar-refractivity contribution is 7.51. The Morgan fingerprint density at radius 3 is 2.55 bits per heavy atom. The predicted molar refractivity (Wildman–Crippen MR) is 40.9 cm³/mol. The first-order chi connectivity index (χ1) is 4.95. The van der Waals surface area contributed by atoms with E-state index in [2.05, 4.69) is 11.9 Å². The van der Waals surface area contributed by atoms with Gasteiger partial charge >= 0.3 is 7.60 Å². The van der Waals surface area contributed by atoms with Crippen molar-refractivity contribution in [2.24, 2.45) is 0 Å². The minimum absolute atomic E-state index is 0.0102. The molecular formula is C5H12NO4P. The van der Waals surface area contributed by atoms with E-state index in [1.807, 2.05) is 0 Å². The van der Waals surface area contributed by atoms with E-state index in [0.717, 1.165) is 0 Å². The molecule has 0 aliphatic carbocycles. The fraction of sp³-hybridized carbons (Fsp3) is 0.600. The van der Waals surface area contributed by atoms with Crippen LogP contribution in [0.1, 0.15) is 6.42 Å². The molecule has 0 aliphatic rings. The van der Waals surface area contributed by atoms with E-state index in [-0.39, 0.29) is 12.6 Å². The Labute approximate surface area is 64.9 Å². The number of aliphatic hydroxyl groups is 1. The Kier molecular flexibility index (Phi) is 4.37. The Morgan fingerprint density at radius 1 is 1.64 bits per heavy atom. The Bertz CT molecular complexity index is 166. The maximum absolute atomic E-state index is 10.3. The number of rotatable bonds is 5. The Morgan fingerprint density at radius 2 is 2.18 bits per heavy atom. The number of hydrogen-bond acceptors (Lipinski definition) is 3. The van der Waals surface area contributed by atoms with Crippen molar-refractivity contribution < 1.29 is 19.5 Å². The first kappa shape index (κ1) is 10.7. The molecule has 0 spiro atoms. The van der Waals surface area contributed by atoms with E-state index < -0.39 is 13.8 Å². The number of hydrogen-bond donors (Lipinski definition) is 4. The molecule has 0 aromatic rings. The zero-order valence-corrected chi connectivity index (χ0v) is 6.87. The highest BCUT2D eigenvalue weighted by Gasteiger charge is 2.14. The fourth-order valence-electron chi connectivity index (χ4n) is 0.510. The SMILES string of the molecule is C=CNC(O)CCP(=O)(O)O. The molecule has 0 saturated heterocycles. The van der Waals surface area contributed by atoms with Crippen LogP contribution >= 0.6 is 7.60 Å². The van der Waals surface area contributed by atoms with Gasteiger partial charge in [0.25, 0.3) is 0 Å². The minimum atomic E-state index is -3.98. The number of nitrogens with one attached hydrogen (secondary N) is 1. The molecule has 0 fully saturated rings. The van der Waals surface area contributed by atoms with Crippen molar-refractivity contribution in [3.63, 3.8) is 0 Å². The van der Waals surface area contributed by atoms with Crippen molar-refractivity contribution in [3.8, 4) is 0 Å². The smallest absolute Gasteiger partial charge is 0.325 e. The molecule has 11 heavy (non-hydrogen) atoms. The first-order valence-electron chi connectivity index (χ1n) is 3.05. The largest absolute Gasteiger partial charge is 0.374 e. The minimum Gasteiger partial charge on any atom is -0.374 e. The highest BCUT2D eigenvalue weighted by atomic mass is 31.2. The van der Waals surface area contributed by atoms with Gasteiger partial charge in [0.1, 0.15) is 6.23 Å². The third kappa shape index (κ3) is 7.55. The Balaban J connectivity index is 3.53. The van der Waals surface area contributed by atoms with Crippen LogP contribution < -0.4 is 5.32 Å². The summed E-state index contributed by atoms with van der Waals surface area (Å²) < 4.78 is 10.3. The maximum Gasteiger partial charge on any atom is 0.325 e. The molecule has 1 unspecified atom stereocenters. The van der Waals surface area contributed by atoms with E-state index in [0.29, 0.717) is 0 Å². The van der Waals surface area contributed by atoms with Crippen LogP contribution in [-0.4, -0.2) is 27.3 Å². The van der Waals surface area contributed by atoms with Crippen molar-refractivity contribution in [1.29, 1.82) is 0 Å². The van der Waals surface area contributed by atoms with Crippen molar-refractivity contribution in [2.45, 2.75) is 12.6 Å². The molecule has 66 valence electrons. The van der Waals surface area contributed by atoms with E-state index in [4.69, 9.17) is 14.9 Å². The van der Waals surface area contributed by atoms with Gasteiger partial charge in [-0.3, -0.25) is 4.57 Å². The monoisotopic (exact) mass is 181 g/mol. The van der Waals surface area contributed by atoms with Gasteiger partial charge in [0, 0.05) is 6.42 Å². The van der Waals surface area contributed by atoms with Crippen LogP contribution in [0.5, 0.6) is 0 Å². The van der Waals surface area contributed by atoms with Crippen molar-refractivity contribution in [1.82, 2.24) is 5.32 Å². The summed E-state index contributed by atoms with van der Waals surface area (Å²) in [6.07, 6.45) is 0.0236. The van der Waals surface area contributed by atoms with E-state index in [1.54, 1.807) is 0 Å².